The van der Waals surface area contributed by atoms with Crippen molar-refractivity contribution in [3.63, 3.8) is 0 Å². The van der Waals surface area contributed by atoms with Crippen LogP contribution in [-0.4, -0.2) is 24.2 Å². The molecule has 0 aromatic heterocycles. The minimum atomic E-state index is -0.345. The number of anilines is 1. The van der Waals surface area contributed by atoms with E-state index in [2.05, 4.69) is 24.5 Å². The molecule has 2 N–H and O–H groups in total. The number of ether oxygens (including phenoxy) is 1. The van der Waals surface area contributed by atoms with Gasteiger partial charge in [-0.25, -0.2) is 4.79 Å². The molecule has 0 saturated carbocycles. The van der Waals surface area contributed by atoms with Gasteiger partial charge in [0.15, 0.2) is 5.11 Å². The van der Waals surface area contributed by atoms with Crippen LogP contribution in [0.25, 0.3) is 0 Å². The maximum absolute atomic E-state index is 11.6. The van der Waals surface area contributed by atoms with Crippen LogP contribution in [0.2, 0.25) is 0 Å². The molecule has 0 bridgehead atoms. The van der Waals surface area contributed by atoms with E-state index in [-0.39, 0.29) is 5.97 Å². The molecule has 0 amide bonds. The van der Waals surface area contributed by atoms with Crippen LogP contribution in [0.4, 0.5) is 5.69 Å². The third-order valence-corrected chi connectivity index (χ3v) is 3.20. The van der Waals surface area contributed by atoms with E-state index in [1.807, 2.05) is 13.0 Å². The molecule has 1 atom stereocenters. The molecule has 1 rings (SSSR count). The lowest BCUT2D eigenvalue weighted by molar-refractivity contribution is 0.0600. The molecule has 1 aromatic carbocycles. The summed E-state index contributed by atoms with van der Waals surface area (Å²) in [6.07, 6.45) is 0.989. The second-order valence-corrected chi connectivity index (χ2v) is 4.79. The van der Waals surface area contributed by atoms with E-state index in [0.717, 1.165) is 17.7 Å². The minimum absolute atomic E-state index is 0.309. The molecule has 0 fully saturated rings. The van der Waals surface area contributed by atoms with Crippen LogP contribution < -0.4 is 10.6 Å². The van der Waals surface area contributed by atoms with Gasteiger partial charge < -0.3 is 15.4 Å². The number of esters is 1. The third-order valence-electron chi connectivity index (χ3n) is 2.98. The normalized spacial score (nSPS) is 11.6. The summed E-state index contributed by atoms with van der Waals surface area (Å²) in [5, 5.41) is 6.83. The minimum Gasteiger partial charge on any atom is -0.465 e. The van der Waals surface area contributed by atoms with Crippen LogP contribution in [0.15, 0.2) is 18.2 Å². The summed E-state index contributed by atoms with van der Waals surface area (Å²) in [4.78, 5) is 11.6. The van der Waals surface area contributed by atoms with Crippen LogP contribution in [0, 0.1) is 6.92 Å². The Morgan fingerprint density at radius 2 is 2.16 bits per heavy atom. The van der Waals surface area contributed by atoms with Gasteiger partial charge in [-0.2, -0.15) is 0 Å². The Morgan fingerprint density at radius 3 is 2.74 bits per heavy atom. The summed E-state index contributed by atoms with van der Waals surface area (Å²) in [6, 6.07) is 5.72. The van der Waals surface area contributed by atoms with E-state index >= 15 is 0 Å². The number of hydrogen-bond acceptors (Lipinski definition) is 3. The Bertz CT molecular complexity index is 475. The van der Waals surface area contributed by atoms with Gasteiger partial charge in [-0.15, -0.1) is 0 Å². The van der Waals surface area contributed by atoms with Gasteiger partial charge in [-0.05, 0) is 50.2 Å². The van der Waals surface area contributed by atoms with Gasteiger partial charge >= 0.3 is 5.97 Å². The largest absolute Gasteiger partial charge is 0.465 e. The summed E-state index contributed by atoms with van der Waals surface area (Å²) in [5.74, 6) is -0.345. The van der Waals surface area contributed by atoms with Gasteiger partial charge in [-0.1, -0.05) is 13.0 Å². The molecule has 0 radical (unpaired) electrons. The molecule has 0 aliphatic rings. The Balaban J connectivity index is 2.85. The molecule has 1 aromatic rings. The van der Waals surface area contributed by atoms with Crippen molar-refractivity contribution in [1.82, 2.24) is 5.32 Å². The fourth-order valence-electron chi connectivity index (χ4n) is 1.59. The van der Waals surface area contributed by atoms with Crippen molar-refractivity contribution in [2.75, 3.05) is 12.4 Å². The van der Waals surface area contributed by atoms with E-state index < -0.39 is 0 Å². The third kappa shape index (κ3) is 4.21. The zero-order chi connectivity index (χ0) is 14.4. The Labute approximate surface area is 119 Å². The topological polar surface area (TPSA) is 50.4 Å². The molecule has 0 unspecified atom stereocenters. The Hall–Kier alpha value is -1.62. The maximum Gasteiger partial charge on any atom is 0.338 e. The lowest BCUT2D eigenvalue weighted by atomic mass is 10.1. The fourth-order valence-corrected chi connectivity index (χ4v) is 1.90. The van der Waals surface area contributed by atoms with E-state index in [0.29, 0.717) is 16.7 Å². The standard InChI is InChI=1S/C14H20N2O2S/c1-5-9(2)15-14(19)16-12-8-6-7-11(10(12)3)13(17)18-4/h6-9H,5H2,1-4H3,(H2,15,16,19)/t9-/m0/s1. The smallest absolute Gasteiger partial charge is 0.338 e. The zero-order valence-electron chi connectivity index (χ0n) is 11.7. The van der Waals surface area contributed by atoms with Gasteiger partial charge in [0.2, 0.25) is 0 Å². The first-order chi connectivity index (χ1) is 8.99. The van der Waals surface area contributed by atoms with Crippen molar-refractivity contribution in [3.8, 4) is 0 Å². The summed E-state index contributed by atoms with van der Waals surface area (Å²) in [5.41, 5.74) is 2.17. The molecule has 19 heavy (non-hydrogen) atoms. The predicted molar refractivity (Wildman–Crippen MR) is 81.6 cm³/mol. The van der Waals surface area contributed by atoms with Gasteiger partial charge in [0.1, 0.15) is 0 Å². The first kappa shape index (κ1) is 15.4. The summed E-state index contributed by atoms with van der Waals surface area (Å²) in [7, 11) is 1.37. The molecule has 0 aliphatic carbocycles. The van der Waals surface area contributed by atoms with E-state index in [1.54, 1.807) is 12.1 Å². The van der Waals surface area contributed by atoms with Gasteiger partial charge in [0, 0.05) is 11.7 Å². The SMILES string of the molecule is CC[C@H](C)NC(=S)Nc1cccc(C(=O)OC)c1C. The van der Waals surface area contributed by atoms with Crippen molar-refractivity contribution in [1.29, 1.82) is 0 Å². The zero-order valence-corrected chi connectivity index (χ0v) is 12.6. The number of benzene rings is 1. The Kier molecular flexibility index (Phi) is 5.76. The number of thiocarbonyl (C=S) groups is 1. The number of rotatable bonds is 4. The quantitative estimate of drug-likeness (QED) is 0.656. The molecule has 4 nitrogen and oxygen atoms in total. The van der Waals surface area contributed by atoms with Crippen molar-refractivity contribution >= 4 is 29.0 Å². The second kappa shape index (κ2) is 7.09. The molecule has 5 heteroatoms. The number of carbonyl (C=O) groups excluding carboxylic acids is 1. The maximum atomic E-state index is 11.6. The average molecular weight is 280 g/mol. The van der Waals surface area contributed by atoms with Crippen molar-refractivity contribution in [3.05, 3.63) is 29.3 Å². The second-order valence-electron chi connectivity index (χ2n) is 4.38. The van der Waals surface area contributed by atoms with Gasteiger partial charge in [0.05, 0.1) is 12.7 Å². The van der Waals surface area contributed by atoms with Crippen LogP contribution in [0.1, 0.15) is 36.2 Å². The van der Waals surface area contributed by atoms with E-state index in [1.165, 1.54) is 7.11 Å². The first-order valence-electron chi connectivity index (χ1n) is 6.25. The molecule has 0 aliphatic heterocycles. The number of carbonyl (C=O) groups is 1. The van der Waals surface area contributed by atoms with E-state index in [4.69, 9.17) is 17.0 Å². The highest BCUT2D eigenvalue weighted by Crippen LogP contribution is 2.19. The average Bonchev–Trinajstić information content (AvgIpc) is 2.40. The lowest BCUT2D eigenvalue weighted by Gasteiger charge is -2.17. The highest BCUT2D eigenvalue weighted by atomic mass is 32.1. The summed E-state index contributed by atoms with van der Waals surface area (Å²) < 4.78 is 4.74. The predicted octanol–water partition coefficient (Wildman–Crippen LogP) is 2.87. The van der Waals surface area contributed by atoms with Gasteiger partial charge in [-0.3, -0.25) is 0 Å². The number of methoxy groups -OCH3 is 1. The molecule has 0 saturated heterocycles. The van der Waals surface area contributed by atoms with Crippen LogP contribution in [0.3, 0.4) is 0 Å². The van der Waals surface area contributed by atoms with Crippen LogP contribution >= 0.6 is 12.2 Å². The monoisotopic (exact) mass is 280 g/mol. The van der Waals surface area contributed by atoms with Crippen LogP contribution in [-0.2, 0) is 4.74 Å². The summed E-state index contributed by atoms with van der Waals surface area (Å²) >= 11 is 5.24. The number of hydrogen-bond donors (Lipinski definition) is 2. The number of nitrogens with one attached hydrogen (secondary N) is 2. The van der Waals surface area contributed by atoms with Crippen molar-refractivity contribution in [2.45, 2.75) is 33.2 Å². The Morgan fingerprint density at radius 1 is 1.47 bits per heavy atom. The highest BCUT2D eigenvalue weighted by Gasteiger charge is 2.12. The molecular weight excluding hydrogens is 260 g/mol. The fraction of sp³-hybridized carbons (Fsp3) is 0.429. The molecule has 104 valence electrons. The lowest BCUT2D eigenvalue weighted by Crippen LogP contribution is -2.35. The summed E-state index contributed by atoms with van der Waals surface area (Å²) in [6.45, 7) is 6.01. The molecule has 0 heterocycles. The first-order valence-corrected chi connectivity index (χ1v) is 6.65. The van der Waals surface area contributed by atoms with E-state index in [9.17, 15) is 4.79 Å². The van der Waals surface area contributed by atoms with Crippen LogP contribution in [0.5, 0.6) is 0 Å². The van der Waals surface area contributed by atoms with Gasteiger partial charge in [0.25, 0.3) is 0 Å². The molecule has 0 spiro atoms. The van der Waals surface area contributed by atoms with Crippen molar-refractivity contribution < 1.29 is 9.53 Å². The van der Waals surface area contributed by atoms with Crippen molar-refractivity contribution in [2.24, 2.45) is 0 Å². The molecular formula is C14H20N2O2S. The highest BCUT2D eigenvalue weighted by molar-refractivity contribution is 7.80.